The number of piperidine rings is 2. The lowest BCUT2D eigenvalue weighted by Gasteiger charge is -2.41. The molecule has 0 unspecified atom stereocenters. The molecule has 1 aromatic carbocycles. The first-order chi connectivity index (χ1) is 13.0. The number of carbonyl (C=O) groups is 2. The van der Waals surface area contributed by atoms with Crippen LogP contribution in [0.2, 0.25) is 0 Å². The number of hydrogen-bond donors (Lipinski definition) is 1. The van der Waals surface area contributed by atoms with Gasteiger partial charge in [0.05, 0.1) is 19.1 Å². The molecule has 3 rings (SSSR count). The Morgan fingerprint density at radius 2 is 2.00 bits per heavy atom. The molecule has 148 valence electrons. The monoisotopic (exact) mass is 373 g/mol. The van der Waals surface area contributed by atoms with Gasteiger partial charge >= 0.3 is 0 Å². The van der Waals surface area contributed by atoms with Crippen LogP contribution in [0.15, 0.2) is 24.3 Å². The Morgan fingerprint density at radius 3 is 2.67 bits per heavy atom. The number of likely N-dealkylation sites (tertiary alicyclic amines) is 2. The predicted molar refractivity (Wildman–Crippen MR) is 105 cm³/mol. The highest BCUT2D eigenvalue weighted by Crippen LogP contribution is 2.38. The molecular formula is C21H31N3O3. The minimum Gasteiger partial charge on any atom is -0.497 e. The molecular weight excluding hydrogens is 342 g/mol. The molecule has 6 heteroatoms. The summed E-state index contributed by atoms with van der Waals surface area (Å²) in [4.78, 5) is 29.8. The van der Waals surface area contributed by atoms with Crippen LogP contribution in [0.25, 0.3) is 0 Å². The quantitative estimate of drug-likeness (QED) is 0.860. The van der Waals surface area contributed by atoms with E-state index in [1.807, 2.05) is 36.1 Å². The molecule has 0 spiro atoms. The topological polar surface area (TPSA) is 61.9 Å². The van der Waals surface area contributed by atoms with Gasteiger partial charge in [-0.15, -0.1) is 0 Å². The summed E-state index contributed by atoms with van der Waals surface area (Å²) in [7, 11) is 3.75. The molecule has 0 bridgehead atoms. The van der Waals surface area contributed by atoms with Crippen molar-refractivity contribution in [3.63, 3.8) is 0 Å². The Morgan fingerprint density at radius 1 is 1.26 bits per heavy atom. The molecule has 27 heavy (non-hydrogen) atoms. The van der Waals surface area contributed by atoms with Crippen molar-refractivity contribution in [1.82, 2.24) is 15.1 Å². The summed E-state index contributed by atoms with van der Waals surface area (Å²) in [5, 5.41) is 3.26. The summed E-state index contributed by atoms with van der Waals surface area (Å²) in [6, 6.07) is 7.74. The van der Waals surface area contributed by atoms with E-state index < -0.39 is 0 Å². The normalized spacial score (nSPS) is 24.7. The molecule has 2 aliphatic heterocycles. The fraction of sp³-hybridized carbons (Fsp3) is 0.619. The van der Waals surface area contributed by atoms with Crippen molar-refractivity contribution in [2.24, 2.45) is 5.92 Å². The van der Waals surface area contributed by atoms with Crippen molar-refractivity contribution in [2.75, 3.05) is 33.8 Å². The fourth-order valence-corrected chi connectivity index (χ4v) is 4.30. The van der Waals surface area contributed by atoms with Crippen molar-refractivity contribution in [1.29, 1.82) is 0 Å². The summed E-state index contributed by atoms with van der Waals surface area (Å²) in [5.41, 5.74) is 0.966. The van der Waals surface area contributed by atoms with Gasteiger partial charge in [0.15, 0.2) is 0 Å². The van der Waals surface area contributed by atoms with Crippen LogP contribution in [0.1, 0.15) is 44.2 Å². The first-order valence-corrected chi connectivity index (χ1v) is 9.95. The average molecular weight is 373 g/mol. The third-order valence-corrected chi connectivity index (χ3v) is 5.88. The first-order valence-electron chi connectivity index (χ1n) is 9.95. The number of benzene rings is 1. The molecule has 0 aliphatic carbocycles. The molecule has 2 atom stereocenters. The number of hydrogen-bond acceptors (Lipinski definition) is 4. The molecule has 2 saturated heterocycles. The summed E-state index contributed by atoms with van der Waals surface area (Å²) in [6.07, 6.45) is 2.99. The maximum atomic E-state index is 13.2. The molecule has 2 amide bonds. The molecule has 0 radical (unpaired) electrons. The van der Waals surface area contributed by atoms with Crippen LogP contribution in [-0.4, -0.2) is 61.4 Å². The summed E-state index contributed by atoms with van der Waals surface area (Å²) < 4.78 is 5.36. The van der Waals surface area contributed by atoms with Gasteiger partial charge in [-0.1, -0.05) is 12.1 Å². The van der Waals surface area contributed by atoms with Crippen LogP contribution < -0.4 is 10.1 Å². The zero-order chi connectivity index (χ0) is 19.4. The Balaban J connectivity index is 1.82. The van der Waals surface area contributed by atoms with Crippen molar-refractivity contribution < 1.29 is 14.3 Å². The van der Waals surface area contributed by atoms with Gasteiger partial charge in [-0.2, -0.15) is 0 Å². The van der Waals surface area contributed by atoms with E-state index in [1.165, 1.54) is 0 Å². The standard InChI is InChI=1S/C21H31N3O3/c1-4-24-19(25)9-8-18(20(24)15-6-5-7-17(14-15)27-3)21(26)22-16-10-12-23(2)13-11-16/h5-7,14,16,18,20H,4,8-13H2,1-3H3,(H,22,26)/t18-,20+/m1/s1. The number of methoxy groups -OCH3 is 1. The third kappa shape index (κ3) is 4.43. The maximum Gasteiger partial charge on any atom is 0.225 e. The van der Waals surface area contributed by atoms with E-state index >= 15 is 0 Å². The van der Waals surface area contributed by atoms with Crippen molar-refractivity contribution in [3.05, 3.63) is 29.8 Å². The van der Waals surface area contributed by atoms with Gasteiger partial charge in [0.1, 0.15) is 5.75 Å². The van der Waals surface area contributed by atoms with E-state index in [2.05, 4.69) is 17.3 Å². The molecule has 2 aliphatic rings. The van der Waals surface area contributed by atoms with Crippen LogP contribution in [-0.2, 0) is 9.59 Å². The van der Waals surface area contributed by atoms with Gasteiger partial charge in [-0.05, 0) is 64.0 Å². The van der Waals surface area contributed by atoms with E-state index in [4.69, 9.17) is 4.74 Å². The number of amides is 2. The second kappa shape index (κ2) is 8.74. The zero-order valence-corrected chi connectivity index (χ0v) is 16.6. The summed E-state index contributed by atoms with van der Waals surface area (Å²) >= 11 is 0. The van der Waals surface area contributed by atoms with E-state index in [9.17, 15) is 9.59 Å². The third-order valence-electron chi connectivity index (χ3n) is 5.88. The molecule has 2 fully saturated rings. The van der Waals surface area contributed by atoms with Gasteiger partial charge in [0, 0.05) is 19.0 Å². The minimum absolute atomic E-state index is 0.0725. The fourth-order valence-electron chi connectivity index (χ4n) is 4.30. The van der Waals surface area contributed by atoms with Crippen LogP contribution in [0.3, 0.4) is 0 Å². The van der Waals surface area contributed by atoms with Crippen molar-refractivity contribution >= 4 is 11.8 Å². The molecule has 2 heterocycles. The average Bonchev–Trinajstić information content (AvgIpc) is 2.69. The van der Waals surface area contributed by atoms with Gasteiger partial charge < -0.3 is 19.9 Å². The highest BCUT2D eigenvalue weighted by molar-refractivity contribution is 5.85. The summed E-state index contributed by atoms with van der Waals surface area (Å²) in [6.45, 7) is 4.59. The smallest absolute Gasteiger partial charge is 0.225 e. The Bertz CT molecular complexity index is 670. The molecule has 1 N–H and O–H groups in total. The number of ether oxygens (including phenoxy) is 1. The molecule has 0 aromatic heterocycles. The van der Waals surface area contributed by atoms with E-state index in [0.29, 0.717) is 19.4 Å². The number of nitrogens with one attached hydrogen (secondary N) is 1. The zero-order valence-electron chi connectivity index (χ0n) is 16.6. The highest BCUT2D eigenvalue weighted by atomic mass is 16.5. The SMILES string of the molecule is CCN1C(=O)CC[C@@H](C(=O)NC2CCN(C)CC2)[C@@H]1c1cccc(OC)c1. The Labute approximate surface area is 161 Å². The maximum absolute atomic E-state index is 13.2. The Kier molecular flexibility index (Phi) is 6.37. The van der Waals surface area contributed by atoms with E-state index in [1.54, 1.807) is 7.11 Å². The van der Waals surface area contributed by atoms with Crippen LogP contribution in [0.5, 0.6) is 5.75 Å². The van der Waals surface area contributed by atoms with Gasteiger partial charge in [-0.3, -0.25) is 9.59 Å². The Hall–Kier alpha value is -2.08. The molecule has 1 aromatic rings. The second-order valence-electron chi connectivity index (χ2n) is 7.63. The lowest BCUT2D eigenvalue weighted by atomic mass is 9.83. The molecule has 0 saturated carbocycles. The molecule has 6 nitrogen and oxygen atoms in total. The van der Waals surface area contributed by atoms with Crippen LogP contribution in [0, 0.1) is 5.92 Å². The highest BCUT2D eigenvalue weighted by Gasteiger charge is 2.40. The van der Waals surface area contributed by atoms with E-state index in [0.717, 1.165) is 37.2 Å². The van der Waals surface area contributed by atoms with Crippen molar-refractivity contribution in [3.8, 4) is 5.75 Å². The van der Waals surface area contributed by atoms with Gasteiger partial charge in [0.2, 0.25) is 11.8 Å². The number of nitrogens with zero attached hydrogens (tertiary/aromatic N) is 2. The second-order valence-corrected chi connectivity index (χ2v) is 7.63. The van der Waals surface area contributed by atoms with Crippen molar-refractivity contribution in [2.45, 2.75) is 44.7 Å². The van der Waals surface area contributed by atoms with Gasteiger partial charge in [-0.25, -0.2) is 0 Å². The minimum atomic E-state index is -0.238. The van der Waals surface area contributed by atoms with Crippen LogP contribution >= 0.6 is 0 Å². The first kappa shape index (κ1) is 19.7. The van der Waals surface area contributed by atoms with Crippen LogP contribution in [0.4, 0.5) is 0 Å². The van der Waals surface area contributed by atoms with E-state index in [-0.39, 0.29) is 29.8 Å². The lowest BCUT2D eigenvalue weighted by molar-refractivity contribution is -0.143. The van der Waals surface area contributed by atoms with Gasteiger partial charge in [0.25, 0.3) is 0 Å². The lowest BCUT2D eigenvalue weighted by Crippen LogP contribution is -2.51. The summed E-state index contributed by atoms with van der Waals surface area (Å²) in [5.74, 6) is 0.711. The number of carbonyl (C=O) groups excluding carboxylic acids is 2. The largest absolute Gasteiger partial charge is 0.497 e. The predicted octanol–water partition coefficient (Wildman–Crippen LogP) is 2.21. The number of rotatable bonds is 5.